The van der Waals surface area contributed by atoms with Gasteiger partial charge in [0.05, 0.1) is 18.2 Å². The van der Waals surface area contributed by atoms with Gasteiger partial charge in [-0.2, -0.15) is 0 Å². The lowest BCUT2D eigenvalue weighted by Crippen LogP contribution is -2.41. The van der Waals surface area contributed by atoms with Crippen molar-refractivity contribution in [2.45, 2.75) is 43.9 Å². The number of rotatable bonds is 5. The number of ether oxygens (including phenoxy) is 2. The summed E-state index contributed by atoms with van der Waals surface area (Å²) in [5, 5.41) is 10.4. The number of nitrogens with zero attached hydrogens (tertiary/aromatic N) is 2. The molecule has 1 aromatic rings. The third-order valence-electron chi connectivity index (χ3n) is 5.70. The average molecular weight is 360 g/mol. The first-order valence-electron chi connectivity index (χ1n) is 9.76. The van der Waals surface area contributed by atoms with Gasteiger partial charge in [-0.1, -0.05) is 6.07 Å². The zero-order valence-corrected chi connectivity index (χ0v) is 15.2. The van der Waals surface area contributed by atoms with Crippen LogP contribution in [0.4, 0.5) is 0 Å². The van der Waals surface area contributed by atoms with Gasteiger partial charge in [-0.15, -0.1) is 0 Å². The molecule has 0 radical (unpaired) electrons. The minimum absolute atomic E-state index is 0.0340. The van der Waals surface area contributed by atoms with Gasteiger partial charge in [0.1, 0.15) is 12.4 Å². The number of aliphatic hydroxyl groups is 1. The molecule has 0 saturated carbocycles. The molecule has 3 atom stereocenters. The molecule has 1 aromatic carbocycles. The minimum Gasteiger partial charge on any atom is -0.491 e. The topological polar surface area (TPSA) is 62.2 Å². The van der Waals surface area contributed by atoms with Gasteiger partial charge >= 0.3 is 0 Å². The summed E-state index contributed by atoms with van der Waals surface area (Å²) >= 11 is 0. The summed E-state index contributed by atoms with van der Waals surface area (Å²) in [6, 6.07) is 7.41. The lowest BCUT2D eigenvalue weighted by molar-refractivity contribution is 0.0677. The number of hydrogen-bond acceptors (Lipinski definition) is 5. The Bertz CT molecular complexity index is 626. The van der Waals surface area contributed by atoms with E-state index in [1.807, 2.05) is 18.2 Å². The molecule has 0 bridgehead atoms. The smallest absolute Gasteiger partial charge is 0.254 e. The molecule has 6 nitrogen and oxygen atoms in total. The van der Waals surface area contributed by atoms with Gasteiger partial charge in [-0.05, 0) is 57.0 Å². The highest BCUT2D eigenvalue weighted by atomic mass is 16.5. The second-order valence-corrected chi connectivity index (χ2v) is 7.56. The van der Waals surface area contributed by atoms with Crippen LogP contribution in [0.3, 0.4) is 0 Å². The van der Waals surface area contributed by atoms with Gasteiger partial charge in [0.15, 0.2) is 0 Å². The van der Waals surface area contributed by atoms with Gasteiger partial charge in [-0.25, -0.2) is 0 Å². The lowest BCUT2D eigenvalue weighted by Gasteiger charge is -2.25. The van der Waals surface area contributed by atoms with E-state index in [1.54, 1.807) is 11.0 Å². The van der Waals surface area contributed by atoms with Crippen molar-refractivity contribution in [3.8, 4) is 5.75 Å². The van der Waals surface area contributed by atoms with Crippen molar-refractivity contribution in [3.63, 3.8) is 0 Å². The Morgan fingerprint density at radius 3 is 2.85 bits per heavy atom. The Kier molecular flexibility index (Phi) is 5.43. The molecule has 1 amide bonds. The van der Waals surface area contributed by atoms with Gasteiger partial charge in [0.25, 0.3) is 5.91 Å². The third kappa shape index (κ3) is 3.87. The molecule has 3 unspecified atom stereocenters. The van der Waals surface area contributed by atoms with Crippen LogP contribution in [-0.2, 0) is 4.74 Å². The number of β-amino-alcohol motifs (C(OH)–C–C–N with tert-alkyl or cyclic N) is 1. The summed E-state index contributed by atoms with van der Waals surface area (Å²) in [5.74, 6) is 0.663. The van der Waals surface area contributed by atoms with Crippen LogP contribution in [0.15, 0.2) is 24.3 Å². The van der Waals surface area contributed by atoms with Crippen LogP contribution in [0.5, 0.6) is 5.75 Å². The van der Waals surface area contributed by atoms with E-state index in [-0.39, 0.29) is 18.1 Å². The van der Waals surface area contributed by atoms with E-state index >= 15 is 0 Å². The van der Waals surface area contributed by atoms with E-state index in [4.69, 9.17) is 9.47 Å². The summed E-state index contributed by atoms with van der Waals surface area (Å²) < 4.78 is 11.4. The molecule has 3 saturated heterocycles. The number of aliphatic hydroxyl groups excluding tert-OH is 1. The molecule has 4 rings (SSSR count). The average Bonchev–Trinajstić information content (AvgIpc) is 3.41. The summed E-state index contributed by atoms with van der Waals surface area (Å²) in [7, 11) is 0. The van der Waals surface area contributed by atoms with Gasteiger partial charge in [0, 0.05) is 25.3 Å². The maximum absolute atomic E-state index is 12.9. The second kappa shape index (κ2) is 7.94. The van der Waals surface area contributed by atoms with Crippen LogP contribution in [0, 0.1) is 0 Å². The van der Waals surface area contributed by atoms with Crippen LogP contribution < -0.4 is 4.74 Å². The first-order valence-corrected chi connectivity index (χ1v) is 9.76. The number of amides is 1. The fourth-order valence-electron chi connectivity index (χ4n) is 4.23. The van der Waals surface area contributed by atoms with E-state index < -0.39 is 6.10 Å². The third-order valence-corrected chi connectivity index (χ3v) is 5.70. The molecule has 0 aliphatic carbocycles. The van der Waals surface area contributed by atoms with E-state index in [2.05, 4.69) is 4.90 Å². The highest BCUT2D eigenvalue weighted by Crippen LogP contribution is 2.24. The molecule has 26 heavy (non-hydrogen) atoms. The predicted molar refractivity (Wildman–Crippen MR) is 97.4 cm³/mol. The molecule has 3 fully saturated rings. The lowest BCUT2D eigenvalue weighted by atomic mass is 10.2. The highest BCUT2D eigenvalue weighted by Gasteiger charge is 2.38. The molecule has 142 valence electrons. The summed E-state index contributed by atoms with van der Waals surface area (Å²) in [6.07, 6.45) is 4.17. The van der Waals surface area contributed by atoms with E-state index in [0.717, 1.165) is 32.5 Å². The fraction of sp³-hybridized carbons (Fsp3) is 0.650. The van der Waals surface area contributed by atoms with Crippen molar-refractivity contribution >= 4 is 5.91 Å². The van der Waals surface area contributed by atoms with Crippen LogP contribution in [0.1, 0.15) is 36.0 Å². The highest BCUT2D eigenvalue weighted by molar-refractivity contribution is 5.94. The molecule has 3 heterocycles. The SMILES string of the molecule is O=C(c1cccc(OCC2CCCO2)c1)N1CC(O)C(N2CCCC2)C1. The Balaban J connectivity index is 1.37. The summed E-state index contributed by atoms with van der Waals surface area (Å²) in [4.78, 5) is 17.0. The molecule has 6 heteroatoms. The van der Waals surface area contributed by atoms with Crippen LogP contribution in [0.25, 0.3) is 0 Å². The second-order valence-electron chi connectivity index (χ2n) is 7.56. The van der Waals surface area contributed by atoms with Crippen molar-refractivity contribution in [1.82, 2.24) is 9.80 Å². The molecule has 3 aliphatic rings. The monoisotopic (exact) mass is 360 g/mol. The number of likely N-dealkylation sites (tertiary alicyclic amines) is 2. The first-order chi connectivity index (χ1) is 12.7. The molecule has 0 spiro atoms. The quantitative estimate of drug-likeness (QED) is 0.863. The number of carbonyl (C=O) groups is 1. The molecule has 3 aliphatic heterocycles. The standard InChI is InChI=1S/C20H28N2O4/c23-19-13-22(12-18(19)21-8-1-2-9-21)20(24)15-5-3-6-16(11-15)26-14-17-7-4-10-25-17/h3,5-6,11,17-19,23H,1-2,4,7-10,12-14H2. The largest absolute Gasteiger partial charge is 0.491 e. The van der Waals surface area contributed by atoms with E-state index in [9.17, 15) is 9.90 Å². The van der Waals surface area contributed by atoms with Gasteiger partial charge < -0.3 is 19.5 Å². The van der Waals surface area contributed by atoms with Crippen molar-refractivity contribution in [3.05, 3.63) is 29.8 Å². The maximum atomic E-state index is 12.9. The molecular weight excluding hydrogens is 332 g/mol. The predicted octanol–water partition coefficient (Wildman–Crippen LogP) is 1.53. The number of carbonyl (C=O) groups excluding carboxylic acids is 1. The Hall–Kier alpha value is -1.63. The number of hydrogen-bond donors (Lipinski definition) is 1. The normalized spacial score (nSPS) is 29.4. The Morgan fingerprint density at radius 2 is 2.08 bits per heavy atom. The fourth-order valence-corrected chi connectivity index (χ4v) is 4.23. The zero-order chi connectivity index (χ0) is 17.9. The van der Waals surface area contributed by atoms with Gasteiger partial charge in [0.2, 0.25) is 0 Å². The molecule has 0 aromatic heterocycles. The van der Waals surface area contributed by atoms with Gasteiger partial charge in [-0.3, -0.25) is 9.69 Å². The Morgan fingerprint density at radius 1 is 1.23 bits per heavy atom. The number of benzene rings is 1. The van der Waals surface area contributed by atoms with Crippen molar-refractivity contribution in [2.24, 2.45) is 0 Å². The summed E-state index contributed by atoms with van der Waals surface area (Å²) in [5.41, 5.74) is 0.615. The maximum Gasteiger partial charge on any atom is 0.254 e. The van der Waals surface area contributed by atoms with Crippen LogP contribution in [-0.4, -0.2) is 78.5 Å². The van der Waals surface area contributed by atoms with Crippen LogP contribution >= 0.6 is 0 Å². The van der Waals surface area contributed by atoms with Crippen molar-refractivity contribution in [2.75, 3.05) is 39.4 Å². The van der Waals surface area contributed by atoms with Crippen molar-refractivity contribution < 1.29 is 19.4 Å². The zero-order valence-electron chi connectivity index (χ0n) is 15.2. The molecule has 1 N–H and O–H groups in total. The summed E-state index contributed by atoms with van der Waals surface area (Å²) in [6.45, 7) is 4.38. The van der Waals surface area contributed by atoms with E-state index in [0.29, 0.717) is 31.0 Å². The first kappa shape index (κ1) is 17.8. The Labute approximate surface area is 154 Å². The van der Waals surface area contributed by atoms with Crippen LogP contribution in [0.2, 0.25) is 0 Å². The minimum atomic E-state index is -0.462. The van der Waals surface area contributed by atoms with E-state index in [1.165, 1.54) is 12.8 Å². The molecular formula is C20H28N2O4. The van der Waals surface area contributed by atoms with Crippen molar-refractivity contribution in [1.29, 1.82) is 0 Å².